The van der Waals surface area contributed by atoms with E-state index < -0.39 is 23.2 Å². The predicted octanol–water partition coefficient (Wildman–Crippen LogP) is 3.53. The summed E-state index contributed by atoms with van der Waals surface area (Å²) < 4.78 is 20.9. The van der Waals surface area contributed by atoms with E-state index in [-0.39, 0.29) is 36.8 Å². The van der Waals surface area contributed by atoms with Gasteiger partial charge < -0.3 is 29.2 Å². The van der Waals surface area contributed by atoms with Crippen LogP contribution in [0.5, 0.6) is 0 Å². The highest BCUT2D eigenvalue weighted by Gasteiger charge is 2.36. The van der Waals surface area contributed by atoms with Crippen LogP contribution in [0.4, 0.5) is 15.3 Å². The van der Waals surface area contributed by atoms with Crippen LogP contribution in [0.25, 0.3) is 0 Å². The zero-order valence-electron chi connectivity index (χ0n) is 19.3. The minimum atomic E-state index is -1.07. The Hall–Kier alpha value is -4.11. The Balaban J connectivity index is 2.40. The number of carbonyl (C=O) groups excluding carboxylic acids is 2. The van der Waals surface area contributed by atoms with Crippen molar-refractivity contribution in [3.05, 3.63) is 62.9 Å². The van der Waals surface area contributed by atoms with Gasteiger partial charge in [-0.1, -0.05) is 12.1 Å². The molecule has 1 aliphatic heterocycles. The van der Waals surface area contributed by atoms with Gasteiger partial charge in [-0.25, -0.2) is 9.59 Å². The van der Waals surface area contributed by atoms with Crippen molar-refractivity contribution >= 4 is 18.0 Å². The number of nitrogens with one attached hydrogen (secondary N) is 1. The quantitative estimate of drug-likeness (QED) is 0.242. The highest BCUT2D eigenvalue weighted by molar-refractivity contribution is 5.65. The van der Waals surface area contributed by atoms with E-state index in [1.54, 1.807) is 19.9 Å². The van der Waals surface area contributed by atoms with E-state index in [0.717, 1.165) is 0 Å². The van der Waals surface area contributed by atoms with Crippen LogP contribution in [0.1, 0.15) is 31.7 Å². The lowest BCUT2D eigenvalue weighted by atomic mass is 9.90. The average Bonchev–Trinajstić information content (AvgIpc) is 2.77. The first kappa shape index (κ1) is 26.1. The number of dihydropyridines is 1. The third-order valence-corrected chi connectivity index (χ3v) is 4.63. The maximum absolute atomic E-state index is 12.4. The van der Waals surface area contributed by atoms with E-state index in [9.17, 15) is 19.7 Å². The van der Waals surface area contributed by atoms with Crippen LogP contribution >= 0.6 is 0 Å². The van der Waals surface area contributed by atoms with E-state index in [1.807, 2.05) is 25.1 Å². The summed E-state index contributed by atoms with van der Waals surface area (Å²) in [6.07, 6.45) is -2.08. The normalized spacial score (nSPS) is 15.4. The van der Waals surface area contributed by atoms with Gasteiger partial charge >= 0.3 is 12.3 Å². The number of nitrogens with zero attached hydrogens (tertiary/aromatic N) is 3. The highest BCUT2D eigenvalue weighted by atomic mass is 16.7. The maximum Gasteiger partial charge on any atom is 0.513 e. The van der Waals surface area contributed by atoms with E-state index in [0.29, 0.717) is 23.5 Å². The fourth-order valence-corrected chi connectivity index (χ4v) is 3.08. The summed E-state index contributed by atoms with van der Waals surface area (Å²) in [4.78, 5) is 37.2. The second-order valence-corrected chi connectivity index (χ2v) is 7.50. The number of likely N-dealkylation sites (N-methyl/N-ethyl adjacent to an activating group) is 1. The van der Waals surface area contributed by atoms with Crippen molar-refractivity contribution in [2.75, 3.05) is 33.9 Å². The van der Waals surface area contributed by atoms with Gasteiger partial charge in [0.05, 0.1) is 28.8 Å². The lowest BCUT2D eigenvalue weighted by molar-refractivity contribution is -0.384. The molecule has 0 amide bonds. The van der Waals surface area contributed by atoms with Gasteiger partial charge in [-0.3, -0.25) is 10.1 Å². The molecule has 1 atom stereocenters. The SMILES string of the molecule is CC1=C(OC(=O)OCCC#N)C(c2cccc([N+](=O)[O-])c2)C(OC(=O)OCCN(C)C)=C(C)N1. The summed E-state index contributed by atoms with van der Waals surface area (Å²) in [6.45, 7) is 3.64. The number of nitriles is 1. The number of nitro groups is 1. The van der Waals surface area contributed by atoms with Gasteiger partial charge in [-0.05, 0) is 33.5 Å². The molecule has 0 spiro atoms. The number of allylic oxidation sites excluding steroid dienone is 2. The third kappa shape index (κ3) is 7.21. The molecule has 182 valence electrons. The Bertz CT molecular complexity index is 1040. The molecule has 1 aromatic rings. The molecule has 1 N–H and O–H groups in total. The van der Waals surface area contributed by atoms with E-state index in [4.69, 9.17) is 24.2 Å². The summed E-state index contributed by atoms with van der Waals surface area (Å²) in [7, 11) is 3.63. The standard InChI is InChI=1S/C22H26N4O8/c1-14-19(33-21(27)31-11-6-9-23)18(16-7-5-8-17(13-16)26(29)30)20(15(2)24-14)34-22(28)32-12-10-25(3)4/h5,7-8,13,18,24H,6,10-12H2,1-4H3. The van der Waals surface area contributed by atoms with Gasteiger partial charge in [-0.15, -0.1) is 0 Å². The fourth-order valence-electron chi connectivity index (χ4n) is 3.08. The summed E-state index contributed by atoms with van der Waals surface area (Å²) in [5.41, 5.74) is 0.962. The molecule has 1 aliphatic rings. The lowest BCUT2D eigenvalue weighted by Gasteiger charge is -2.30. The first-order valence-electron chi connectivity index (χ1n) is 10.3. The molecule has 0 saturated carbocycles. The van der Waals surface area contributed by atoms with Crippen molar-refractivity contribution in [3.63, 3.8) is 0 Å². The summed E-state index contributed by atoms with van der Waals surface area (Å²) >= 11 is 0. The first-order chi connectivity index (χ1) is 16.1. The van der Waals surface area contributed by atoms with Crippen molar-refractivity contribution in [3.8, 4) is 6.07 Å². The highest BCUT2D eigenvalue weighted by Crippen LogP contribution is 2.40. The van der Waals surface area contributed by atoms with Gasteiger partial charge in [-0.2, -0.15) is 5.26 Å². The average molecular weight is 474 g/mol. The molecule has 1 aromatic carbocycles. The number of rotatable bonds is 9. The summed E-state index contributed by atoms with van der Waals surface area (Å²) in [6, 6.07) is 7.49. The molecule has 12 heteroatoms. The lowest BCUT2D eigenvalue weighted by Crippen LogP contribution is -2.29. The number of hydrogen-bond donors (Lipinski definition) is 1. The van der Waals surface area contributed by atoms with Gasteiger partial charge in [0.15, 0.2) is 0 Å². The smallest absolute Gasteiger partial charge is 0.433 e. The number of hydrogen-bond acceptors (Lipinski definition) is 11. The van der Waals surface area contributed by atoms with Crippen molar-refractivity contribution in [1.29, 1.82) is 5.26 Å². The summed E-state index contributed by atoms with van der Waals surface area (Å²) in [5, 5.41) is 22.9. The second-order valence-electron chi connectivity index (χ2n) is 7.50. The first-order valence-corrected chi connectivity index (χ1v) is 10.3. The molecule has 34 heavy (non-hydrogen) atoms. The monoisotopic (exact) mass is 474 g/mol. The van der Waals surface area contributed by atoms with Gasteiger partial charge in [0.1, 0.15) is 30.6 Å². The Labute approximate surface area is 196 Å². The van der Waals surface area contributed by atoms with Gasteiger partial charge in [0, 0.05) is 18.7 Å². The Morgan fingerprint density at radius 2 is 1.71 bits per heavy atom. The molecule has 2 rings (SSSR count). The molecule has 0 fully saturated rings. The molecule has 1 unspecified atom stereocenters. The fraction of sp³-hybridized carbons (Fsp3) is 0.409. The van der Waals surface area contributed by atoms with Crippen molar-refractivity contribution in [2.45, 2.75) is 26.2 Å². The zero-order valence-corrected chi connectivity index (χ0v) is 19.3. The Kier molecular flexibility index (Phi) is 9.39. The predicted molar refractivity (Wildman–Crippen MR) is 118 cm³/mol. The van der Waals surface area contributed by atoms with Crippen LogP contribution < -0.4 is 5.32 Å². The molecular weight excluding hydrogens is 448 g/mol. The van der Waals surface area contributed by atoms with Crippen LogP contribution in [0, 0.1) is 21.4 Å². The molecule has 0 bridgehead atoms. The number of benzene rings is 1. The van der Waals surface area contributed by atoms with Crippen LogP contribution in [0.3, 0.4) is 0 Å². The molecule has 1 heterocycles. The minimum absolute atomic E-state index is 0.0177. The molecule has 0 aliphatic carbocycles. The third-order valence-electron chi connectivity index (χ3n) is 4.63. The number of carbonyl (C=O) groups is 2. The second kappa shape index (κ2) is 12.2. The molecular formula is C22H26N4O8. The molecule has 0 saturated heterocycles. The van der Waals surface area contributed by atoms with Crippen molar-refractivity contribution in [1.82, 2.24) is 10.2 Å². The van der Waals surface area contributed by atoms with Gasteiger partial charge in [0.2, 0.25) is 0 Å². The van der Waals surface area contributed by atoms with E-state index >= 15 is 0 Å². The van der Waals surface area contributed by atoms with E-state index in [2.05, 4.69) is 5.32 Å². The number of ether oxygens (including phenoxy) is 4. The number of nitro benzene ring substituents is 1. The van der Waals surface area contributed by atoms with E-state index in [1.165, 1.54) is 18.2 Å². The summed E-state index contributed by atoms with van der Waals surface area (Å²) in [5.74, 6) is -0.934. The molecule has 0 radical (unpaired) electrons. The zero-order chi connectivity index (χ0) is 25.3. The minimum Gasteiger partial charge on any atom is -0.433 e. The van der Waals surface area contributed by atoms with Crippen molar-refractivity contribution in [2.24, 2.45) is 0 Å². The van der Waals surface area contributed by atoms with Gasteiger partial charge in [0.25, 0.3) is 5.69 Å². The largest absolute Gasteiger partial charge is 0.513 e. The van der Waals surface area contributed by atoms with Crippen LogP contribution in [0.2, 0.25) is 0 Å². The van der Waals surface area contributed by atoms with Crippen molar-refractivity contribution < 1.29 is 33.5 Å². The van der Waals surface area contributed by atoms with Crippen LogP contribution in [-0.4, -0.2) is 56.0 Å². The van der Waals surface area contributed by atoms with Crippen LogP contribution in [-0.2, 0) is 18.9 Å². The van der Waals surface area contributed by atoms with Crippen LogP contribution in [0.15, 0.2) is 47.2 Å². The Morgan fingerprint density at radius 1 is 1.12 bits per heavy atom. The maximum atomic E-state index is 12.4. The Morgan fingerprint density at radius 3 is 2.24 bits per heavy atom. The molecule has 12 nitrogen and oxygen atoms in total. The molecule has 0 aromatic heterocycles. The number of non-ortho nitro benzene ring substituents is 1. The topological polar surface area (TPSA) is 153 Å².